The monoisotopic (exact) mass is 311 g/mol. The van der Waals surface area contributed by atoms with Gasteiger partial charge in [-0.25, -0.2) is 4.98 Å². The molecule has 0 saturated heterocycles. The second-order valence-electron chi connectivity index (χ2n) is 5.36. The molecule has 118 valence electrons. The first-order valence-corrected chi connectivity index (χ1v) is 7.38. The summed E-state index contributed by atoms with van der Waals surface area (Å²) >= 11 is 0. The Kier molecular flexibility index (Phi) is 4.18. The van der Waals surface area contributed by atoms with Gasteiger partial charge in [-0.2, -0.15) is 0 Å². The van der Waals surface area contributed by atoms with Crippen molar-refractivity contribution < 1.29 is 9.53 Å². The fraction of sp³-hybridized carbons (Fsp3) is 0.250. The topological polar surface area (TPSA) is 116 Å². The Morgan fingerprint density at radius 3 is 2.52 bits per heavy atom. The molecule has 4 N–H and O–H groups in total. The summed E-state index contributed by atoms with van der Waals surface area (Å²) in [5.41, 5.74) is 12.1. The number of azo groups is 1. The second kappa shape index (κ2) is 6.43. The minimum Gasteiger partial charge on any atom is -0.424 e. The van der Waals surface area contributed by atoms with Crippen LogP contribution in [0.1, 0.15) is 19.3 Å². The van der Waals surface area contributed by atoms with Crippen LogP contribution in [-0.2, 0) is 4.79 Å². The van der Waals surface area contributed by atoms with E-state index in [1.807, 2.05) is 0 Å². The molecule has 0 bridgehead atoms. The molecule has 1 aromatic carbocycles. The summed E-state index contributed by atoms with van der Waals surface area (Å²) in [4.78, 5) is 15.9. The van der Waals surface area contributed by atoms with Gasteiger partial charge >= 0.3 is 5.97 Å². The Labute approximate surface area is 133 Å². The Hall–Kier alpha value is -2.96. The molecule has 23 heavy (non-hydrogen) atoms. The van der Waals surface area contributed by atoms with Crippen LogP contribution in [0.4, 0.5) is 23.0 Å². The van der Waals surface area contributed by atoms with Gasteiger partial charge in [-0.15, -0.1) is 10.2 Å². The molecule has 0 aliphatic heterocycles. The maximum Gasteiger partial charge on any atom is 0.314 e. The Balaban J connectivity index is 1.79. The first kappa shape index (κ1) is 15.0. The quantitative estimate of drug-likeness (QED) is 0.510. The number of nitrogen functional groups attached to an aromatic ring is 2. The van der Waals surface area contributed by atoms with Crippen LogP contribution in [0, 0.1) is 5.92 Å². The Morgan fingerprint density at radius 1 is 1.09 bits per heavy atom. The Morgan fingerprint density at radius 2 is 1.83 bits per heavy atom. The van der Waals surface area contributed by atoms with Gasteiger partial charge in [0.2, 0.25) is 0 Å². The number of ether oxygens (including phenoxy) is 1. The SMILES string of the molecule is Nc1ccc(/N=N/c2ccccc2OC(=O)C2CCC2)c(N)n1. The maximum atomic E-state index is 12.0. The van der Waals surface area contributed by atoms with Crippen molar-refractivity contribution in [3.8, 4) is 5.75 Å². The predicted molar refractivity (Wildman–Crippen MR) is 86.7 cm³/mol. The molecule has 1 fully saturated rings. The summed E-state index contributed by atoms with van der Waals surface area (Å²) < 4.78 is 5.43. The van der Waals surface area contributed by atoms with Gasteiger partial charge in [0.15, 0.2) is 11.6 Å². The number of pyridine rings is 1. The average Bonchev–Trinajstić information content (AvgIpc) is 2.46. The van der Waals surface area contributed by atoms with Crippen LogP contribution in [0.25, 0.3) is 0 Å². The maximum absolute atomic E-state index is 12.0. The Bertz CT molecular complexity index is 756. The minimum absolute atomic E-state index is 0.00284. The van der Waals surface area contributed by atoms with E-state index in [1.54, 1.807) is 36.4 Å². The molecule has 0 atom stereocenters. The highest BCUT2D eigenvalue weighted by molar-refractivity contribution is 5.77. The molecule has 1 aromatic heterocycles. The number of carbonyl (C=O) groups is 1. The molecular formula is C16H17N5O2. The van der Waals surface area contributed by atoms with Gasteiger partial charge in [0.25, 0.3) is 0 Å². The lowest BCUT2D eigenvalue weighted by Gasteiger charge is -2.23. The van der Waals surface area contributed by atoms with Crippen LogP contribution >= 0.6 is 0 Å². The van der Waals surface area contributed by atoms with Crippen molar-refractivity contribution in [2.45, 2.75) is 19.3 Å². The normalized spacial score (nSPS) is 14.6. The number of anilines is 2. The van der Waals surface area contributed by atoms with E-state index < -0.39 is 0 Å². The molecule has 2 aromatic rings. The highest BCUT2D eigenvalue weighted by Gasteiger charge is 2.27. The summed E-state index contributed by atoms with van der Waals surface area (Å²) in [7, 11) is 0. The number of benzene rings is 1. The molecule has 7 heteroatoms. The number of carbonyl (C=O) groups excluding carboxylic acids is 1. The number of nitrogens with zero attached hydrogens (tertiary/aromatic N) is 3. The van der Waals surface area contributed by atoms with Gasteiger partial charge in [-0.1, -0.05) is 18.6 Å². The van der Waals surface area contributed by atoms with Crippen molar-refractivity contribution in [3.05, 3.63) is 36.4 Å². The third kappa shape index (κ3) is 3.45. The van der Waals surface area contributed by atoms with E-state index in [0.717, 1.165) is 19.3 Å². The molecular weight excluding hydrogens is 294 g/mol. The summed E-state index contributed by atoms with van der Waals surface area (Å²) in [6, 6.07) is 10.2. The van der Waals surface area contributed by atoms with Crippen LogP contribution in [0.3, 0.4) is 0 Å². The highest BCUT2D eigenvalue weighted by atomic mass is 16.5. The third-order valence-electron chi connectivity index (χ3n) is 3.70. The van der Waals surface area contributed by atoms with E-state index in [2.05, 4.69) is 15.2 Å². The van der Waals surface area contributed by atoms with Crippen molar-refractivity contribution in [2.24, 2.45) is 16.1 Å². The van der Waals surface area contributed by atoms with E-state index in [0.29, 0.717) is 22.9 Å². The summed E-state index contributed by atoms with van der Waals surface area (Å²) in [5, 5.41) is 8.16. The van der Waals surface area contributed by atoms with Crippen LogP contribution in [0.5, 0.6) is 5.75 Å². The van der Waals surface area contributed by atoms with Gasteiger partial charge in [0, 0.05) is 0 Å². The first-order valence-electron chi connectivity index (χ1n) is 7.38. The van der Waals surface area contributed by atoms with Gasteiger partial charge in [-0.05, 0) is 37.1 Å². The van der Waals surface area contributed by atoms with E-state index in [-0.39, 0.29) is 17.7 Å². The number of rotatable bonds is 4. The zero-order chi connectivity index (χ0) is 16.2. The molecule has 1 heterocycles. The number of hydrogen-bond donors (Lipinski definition) is 2. The molecule has 1 aliphatic carbocycles. The van der Waals surface area contributed by atoms with Crippen molar-refractivity contribution in [3.63, 3.8) is 0 Å². The van der Waals surface area contributed by atoms with Crippen LogP contribution in [0.2, 0.25) is 0 Å². The zero-order valence-electron chi connectivity index (χ0n) is 12.5. The van der Waals surface area contributed by atoms with Gasteiger partial charge in [-0.3, -0.25) is 4.79 Å². The number of nitrogens with two attached hydrogens (primary N) is 2. The van der Waals surface area contributed by atoms with Gasteiger partial charge in [0.05, 0.1) is 5.92 Å². The molecule has 0 unspecified atom stereocenters. The van der Waals surface area contributed by atoms with Gasteiger partial charge < -0.3 is 16.2 Å². The number of hydrogen-bond acceptors (Lipinski definition) is 7. The molecule has 0 radical (unpaired) electrons. The summed E-state index contributed by atoms with van der Waals surface area (Å²) in [5.74, 6) is 0.675. The van der Waals surface area contributed by atoms with Gasteiger partial charge in [0.1, 0.15) is 17.2 Å². The average molecular weight is 311 g/mol. The third-order valence-corrected chi connectivity index (χ3v) is 3.70. The molecule has 0 spiro atoms. The standard InChI is InChI=1S/C16H17N5O2/c17-14-9-8-12(15(18)19-14)21-20-11-6-1-2-7-13(11)23-16(22)10-4-3-5-10/h1-2,6-10H,3-5H2,(H4,17,18,19)/b21-20+. The summed E-state index contributed by atoms with van der Waals surface area (Å²) in [6.45, 7) is 0. The van der Waals surface area contributed by atoms with Crippen molar-refractivity contribution in [1.82, 2.24) is 4.98 Å². The fourth-order valence-corrected chi connectivity index (χ4v) is 2.14. The lowest BCUT2D eigenvalue weighted by atomic mass is 9.86. The fourth-order valence-electron chi connectivity index (χ4n) is 2.14. The second-order valence-corrected chi connectivity index (χ2v) is 5.36. The van der Waals surface area contributed by atoms with E-state index >= 15 is 0 Å². The van der Waals surface area contributed by atoms with Crippen LogP contribution in [0.15, 0.2) is 46.6 Å². The largest absolute Gasteiger partial charge is 0.424 e. The van der Waals surface area contributed by atoms with Crippen molar-refractivity contribution in [2.75, 3.05) is 11.5 Å². The summed E-state index contributed by atoms with van der Waals surface area (Å²) in [6.07, 6.45) is 2.84. The van der Waals surface area contributed by atoms with Crippen molar-refractivity contribution >= 4 is 29.0 Å². The number of esters is 1. The van der Waals surface area contributed by atoms with Crippen LogP contribution < -0.4 is 16.2 Å². The molecule has 7 nitrogen and oxygen atoms in total. The first-order chi connectivity index (χ1) is 11.1. The van der Waals surface area contributed by atoms with E-state index in [1.165, 1.54) is 0 Å². The predicted octanol–water partition coefficient (Wildman–Crippen LogP) is 3.37. The lowest BCUT2D eigenvalue weighted by molar-refractivity contribution is -0.141. The number of aromatic nitrogens is 1. The molecule has 1 aliphatic rings. The molecule has 0 amide bonds. The highest BCUT2D eigenvalue weighted by Crippen LogP contribution is 2.33. The van der Waals surface area contributed by atoms with Crippen molar-refractivity contribution in [1.29, 1.82) is 0 Å². The molecule has 1 saturated carbocycles. The van der Waals surface area contributed by atoms with E-state index in [4.69, 9.17) is 16.2 Å². The molecule has 3 rings (SSSR count). The smallest absolute Gasteiger partial charge is 0.314 e. The number of para-hydroxylation sites is 1. The van der Waals surface area contributed by atoms with Crippen LogP contribution in [-0.4, -0.2) is 11.0 Å². The minimum atomic E-state index is -0.215. The lowest BCUT2D eigenvalue weighted by Crippen LogP contribution is -2.26. The zero-order valence-corrected chi connectivity index (χ0v) is 12.5. The van der Waals surface area contributed by atoms with E-state index in [9.17, 15) is 4.79 Å².